The van der Waals surface area contributed by atoms with Crippen molar-refractivity contribution in [1.82, 2.24) is 20.9 Å². The molecule has 7 N–H and O–H groups in total. The number of benzene rings is 2. The van der Waals surface area contributed by atoms with E-state index in [4.69, 9.17) is 5.11 Å². The zero-order valence-corrected chi connectivity index (χ0v) is 32.3. The molecule has 0 saturated heterocycles. The third-order valence-electron chi connectivity index (χ3n) is 9.85. The van der Waals surface area contributed by atoms with Gasteiger partial charge < -0.3 is 36.3 Å². The maximum atomic E-state index is 14.2. The van der Waals surface area contributed by atoms with Crippen LogP contribution in [0.2, 0.25) is 0 Å². The second kappa shape index (κ2) is 22.6. The number of hydrogen-bond donors (Lipinski definition) is 7. The van der Waals surface area contributed by atoms with Crippen molar-refractivity contribution in [3.05, 3.63) is 71.7 Å². The second-order valence-corrected chi connectivity index (χ2v) is 14.3. The van der Waals surface area contributed by atoms with Crippen LogP contribution < -0.4 is 16.0 Å². The Morgan fingerprint density at radius 2 is 1.34 bits per heavy atom. The molecule has 0 radical (unpaired) electrons. The molecule has 0 aliphatic carbocycles. The summed E-state index contributed by atoms with van der Waals surface area (Å²) in [6, 6.07) is 10.2. The van der Waals surface area contributed by atoms with Gasteiger partial charge in [-0.25, -0.2) is 4.39 Å². The number of aromatic nitrogens is 1. The van der Waals surface area contributed by atoms with Gasteiger partial charge in [-0.05, 0) is 62.6 Å². The molecule has 1 heterocycles. The van der Waals surface area contributed by atoms with E-state index in [1.54, 1.807) is 18.3 Å². The van der Waals surface area contributed by atoms with E-state index in [0.29, 0.717) is 11.1 Å². The number of fused-ring (bicyclic) bond motifs is 1. The number of halogens is 1. The molecule has 0 bridgehead atoms. The van der Waals surface area contributed by atoms with E-state index in [9.17, 15) is 57.8 Å². The monoisotopic (exact) mass is 808 g/mol. The van der Waals surface area contributed by atoms with Gasteiger partial charge in [-0.1, -0.05) is 30.3 Å². The zero-order valence-electron chi connectivity index (χ0n) is 32.3. The molecule has 0 spiro atoms. The molecule has 0 unspecified atom stereocenters. The molecule has 58 heavy (non-hydrogen) atoms. The van der Waals surface area contributed by atoms with Crippen molar-refractivity contribution in [1.29, 1.82) is 0 Å². The summed E-state index contributed by atoms with van der Waals surface area (Å²) in [6.07, 6.45) is -1.75. The smallest absolute Gasteiger partial charge is 0.305 e. The van der Waals surface area contributed by atoms with Crippen molar-refractivity contribution >= 4 is 63.8 Å². The lowest BCUT2D eigenvalue weighted by molar-refractivity contribution is -0.140. The van der Waals surface area contributed by atoms with Gasteiger partial charge in [0.05, 0.1) is 25.0 Å². The lowest BCUT2D eigenvalue weighted by Crippen LogP contribution is -2.47. The number of para-hydroxylation sites is 1. The fraction of sp³-hybridized carbons (Fsp3) is 0.439. The highest BCUT2D eigenvalue weighted by molar-refractivity contribution is 5.96. The largest absolute Gasteiger partial charge is 0.481 e. The van der Waals surface area contributed by atoms with Crippen molar-refractivity contribution in [3.63, 3.8) is 0 Å². The topological polar surface area (TPSA) is 266 Å². The number of rotatable bonds is 27. The molecular formula is C41H49FN4O12. The second-order valence-electron chi connectivity index (χ2n) is 14.3. The molecule has 1 aromatic heterocycles. The molecule has 0 fully saturated rings. The normalized spacial score (nSPS) is 13.7. The Morgan fingerprint density at radius 3 is 1.97 bits per heavy atom. The Bertz CT molecular complexity index is 2000. The molecular weight excluding hydrogens is 759 g/mol. The van der Waals surface area contributed by atoms with Crippen molar-refractivity contribution in [2.24, 2.45) is 17.8 Å². The third kappa shape index (κ3) is 15.1. The highest BCUT2D eigenvalue weighted by atomic mass is 19.1. The Kier molecular flexibility index (Phi) is 18.0. The number of amides is 2. The van der Waals surface area contributed by atoms with E-state index in [1.807, 2.05) is 12.1 Å². The van der Waals surface area contributed by atoms with Crippen molar-refractivity contribution in [2.45, 2.75) is 83.2 Å². The van der Waals surface area contributed by atoms with Gasteiger partial charge in [0.1, 0.15) is 11.6 Å². The Morgan fingerprint density at radius 1 is 0.707 bits per heavy atom. The van der Waals surface area contributed by atoms with Crippen LogP contribution in [-0.2, 0) is 56.0 Å². The fourth-order valence-electron chi connectivity index (χ4n) is 6.63. The van der Waals surface area contributed by atoms with E-state index in [0.717, 1.165) is 10.9 Å². The summed E-state index contributed by atoms with van der Waals surface area (Å²) >= 11 is 0. The molecule has 3 rings (SSSR count). The van der Waals surface area contributed by atoms with E-state index in [2.05, 4.69) is 20.9 Å². The molecule has 2 aromatic carbocycles. The maximum absolute atomic E-state index is 14.2. The number of carbonyl (C=O) groups is 9. The first-order valence-corrected chi connectivity index (χ1v) is 18.7. The van der Waals surface area contributed by atoms with E-state index in [-0.39, 0.29) is 38.5 Å². The minimum atomic E-state index is -1.27. The number of Topliss-reactive ketones (excluding diaryl/α,β-unsaturated/α-hetero) is 4. The number of carbonyl (C=O) groups excluding carboxylic acids is 6. The van der Waals surface area contributed by atoms with Crippen molar-refractivity contribution < 1.29 is 62.9 Å². The lowest BCUT2D eigenvalue weighted by Gasteiger charge is -2.24. The van der Waals surface area contributed by atoms with Crippen LogP contribution >= 0.6 is 0 Å². The van der Waals surface area contributed by atoms with Gasteiger partial charge in [0.2, 0.25) is 11.8 Å². The molecule has 3 aromatic rings. The molecule has 2 amide bonds. The number of H-pyrrole nitrogens is 1. The lowest BCUT2D eigenvalue weighted by atomic mass is 9.88. The first-order chi connectivity index (χ1) is 27.5. The van der Waals surface area contributed by atoms with Gasteiger partial charge in [0.15, 0.2) is 17.3 Å². The van der Waals surface area contributed by atoms with Crippen LogP contribution in [0.15, 0.2) is 54.7 Å². The molecule has 16 nitrogen and oxygen atoms in total. The molecule has 0 aliphatic rings. The Balaban J connectivity index is 1.86. The molecule has 5 atom stereocenters. The number of aliphatic carboxylic acids is 3. The highest BCUT2D eigenvalue weighted by Crippen LogP contribution is 2.23. The number of hydrogen-bond acceptors (Lipinski definition) is 10. The summed E-state index contributed by atoms with van der Waals surface area (Å²) in [7, 11) is 1.36. The average molecular weight is 809 g/mol. The SMILES string of the molecule is CN[C@H](CC(=O)O)C(=O)C[C@@H](CCC(=O)O)C(=O)NCC(=O)C[C@@H](Cc1cccc(F)c1)C(=O)N[C@@H](Cc1c[nH]c2ccccc12)C(=O)C[C@@H](CCC(=O)O)C(C)=O. The van der Waals surface area contributed by atoms with Crippen LogP contribution in [-0.4, -0.2) is 98.8 Å². The van der Waals surface area contributed by atoms with E-state index in [1.165, 1.54) is 38.2 Å². The van der Waals surface area contributed by atoms with Crippen LogP contribution in [0, 0.1) is 23.6 Å². The highest BCUT2D eigenvalue weighted by Gasteiger charge is 2.32. The van der Waals surface area contributed by atoms with E-state index >= 15 is 0 Å². The van der Waals surface area contributed by atoms with Crippen LogP contribution in [0.25, 0.3) is 10.9 Å². The molecule has 312 valence electrons. The van der Waals surface area contributed by atoms with Crippen LogP contribution in [0.3, 0.4) is 0 Å². The quantitative estimate of drug-likeness (QED) is 0.0585. The van der Waals surface area contributed by atoms with Gasteiger partial charge in [-0.3, -0.25) is 43.2 Å². The van der Waals surface area contributed by atoms with Crippen molar-refractivity contribution in [3.8, 4) is 0 Å². The average Bonchev–Trinajstić information content (AvgIpc) is 3.57. The number of ketones is 4. The van der Waals surface area contributed by atoms with Crippen LogP contribution in [0.4, 0.5) is 4.39 Å². The van der Waals surface area contributed by atoms with Gasteiger partial charge in [-0.2, -0.15) is 0 Å². The Hall–Kier alpha value is -6.10. The summed E-state index contributed by atoms with van der Waals surface area (Å²) in [4.78, 5) is 117. The molecule has 17 heteroatoms. The fourth-order valence-corrected chi connectivity index (χ4v) is 6.63. The minimum absolute atomic E-state index is 0.0356. The first kappa shape index (κ1) is 46.3. The number of carboxylic acid groups (broad SMARTS) is 3. The predicted octanol–water partition coefficient (Wildman–Crippen LogP) is 2.80. The standard InChI is InChI=1S/C41H49FN4O12/c1-23(47)25(10-12-37(51)52)18-36(50)34(17-28-21-44-32-9-4-3-8-31(28)32)46-41(58)27(14-24-6-5-7-29(42)15-24)16-30(48)22-45-40(57)26(11-13-38(53)54)19-35(49)33(43-2)20-39(55)56/h3-9,15,21,25-27,33-34,43-44H,10-14,16-20,22H2,1-2H3,(H,45,57)(H,46,58)(H,51,52)(H,53,54)(H,55,56)/t25-,26-,27-,33-,34+/m1/s1. The van der Waals surface area contributed by atoms with E-state index < -0.39 is 121 Å². The zero-order chi connectivity index (χ0) is 42.9. The molecule has 0 aliphatic heterocycles. The minimum Gasteiger partial charge on any atom is -0.481 e. The van der Waals surface area contributed by atoms with Crippen LogP contribution in [0.5, 0.6) is 0 Å². The summed E-state index contributed by atoms with van der Waals surface area (Å²) in [6.45, 7) is 0.604. The third-order valence-corrected chi connectivity index (χ3v) is 9.85. The van der Waals surface area contributed by atoms with Gasteiger partial charge in [-0.15, -0.1) is 0 Å². The summed E-state index contributed by atoms with van der Waals surface area (Å²) in [5.41, 5.74) is 1.75. The van der Waals surface area contributed by atoms with Gasteiger partial charge >= 0.3 is 17.9 Å². The first-order valence-electron chi connectivity index (χ1n) is 18.7. The molecule has 0 saturated carbocycles. The Labute approximate surface area is 333 Å². The predicted molar refractivity (Wildman–Crippen MR) is 206 cm³/mol. The van der Waals surface area contributed by atoms with Crippen molar-refractivity contribution in [2.75, 3.05) is 13.6 Å². The van der Waals surface area contributed by atoms with Gasteiger partial charge in [0.25, 0.3) is 0 Å². The number of nitrogens with one attached hydrogen (secondary N) is 4. The number of carboxylic acids is 3. The number of likely N-dealkylation sites (N-methyl/N-ethyl adjacent to an activating group) is 1. The maximum Gasteiger partial charge on any atom is 0.305 e. The summed E-state index contributed by atoms with van der Waals surface area (Å²) in [5, 5.41) is 36.0. The summed E-state index contributed by atoms with van der Waals surface area (Å²) < 4.78 is 14.2. The van der Waals surface area contributed by atoms with Gasteiger partial charge in [0, 0.05) is 73.4 Å². The van der Waals surface area contributed by atoms with Crippen LogP contribution in [0.1, 0.15) is 69.4 Å². The summed E-state index contributed by atoms with van der Waals surface area (Å²) in [5.74, 6) is -11.5. The number of aromatic amines is 1.